The van der Waals surface area contributed by atoms with Crippen LogP contribution >= 0.6 is 11.3 Å². The monoisotopic (exact) mass is 454 g/mol. The second-order valence-corrected chi connectivity index (χ2v) is 8.56. The van der Waals surface area contributed by atoms with Gasteiger partial charge in [0, 0.05) is 35.0 Å². The van der Waals surface area contributed by atoms with Gasteiger partial charge >= 0.3 is 0 Å². The lowest BCUT2D eigenvalue weighted by molar-refractivity contribution is 0.573. The predicted octanol–water partition coefficient (Wildman–Crippen LogP) is 9.07. The molecule has 3 heteroatoms. The lowest BCUT2D eigenvalue weighted by atomic mass is 10.1. The summed E-state index contributed by atoms with van der Waals surface area (Å²) in [5.74, 6) is 0.575. The summed E-state index contributed by atoms with van der Waals surface area (Å²) in [7, 11) is 0. The van der Waals surface area contributed by atoms with Gasteiger partial charge in [-0.2, -0.15) is 0 Å². The Morgan fingerprint density at radius 3 is 2.19 bits per heavy atom. The first-order valence-electron chi connectivity index (χ1n) is 12.1. The van der Waals surface area contributed by atoms with E-state index in [1.54, 1.807) is 11.3 Å². The third kappa shape index (κ3) is 11.4. The molecule has 1 fully saturated rings. The Labute approximate surface area is 202 Å². The average molecular weight is 455 g/mol. The molecule has 1 aromatic carbocycles. The van der Waals surface area contributed by atoms with Gasteiger partial charge in [0.25, 0.3) is 0 Å². The zero-order valence-electron chi connectivity index (χ0n) is 21.4. The first-order chi connectivity index (χ1) is 15.5. The van der Waals surface area contributed by atoms with Gasteiger partial charge in [0.15, 0.2) is 0 Å². The van der Waals surface area contributed by atoms with E-state index in [4.69, 9.17) is 0 Å². The van der Waals surface area contributed by atoms with E-state index >= 15 is 0 Å². The van der Waals surface area contributed by atoms with E-state index in [9.17, 15) is 0 Å². The van der Waals surface area contributed by atoms with Crippen LogP contribution in [0.25, 0.3) is 5.70 Å². The minimum absolute atomic E-state index is 0.575. The summed E-state index contributed by atoms with van der Waals surface area (Å²) in [4.78, 5) is 3.55. The first-order valence-corrected chi connectivity index (χ1v) is 12.9. The summed E-state index contributed by atoms with van der Waals surface area (Å²) in [5.41, 5.74) is 4.76. The Morgan fingerprint density at radius 1 is 1.12 bits per heavy atom. The van der Waals surface area contributed by atoms with Crippen molar-refractivity contribution in [2.24, 2.45) is 5.92 Å². The molecule has 1 aromatic heterocycles. The van der Waals surface area contributed by atoms with Gasteiger partial charge in [-0.25, -0.2) is 0 Å². The first kappa shape index (κ1) is 29.7. The van der Waals surface area contributed by atoms with Crippen LogP contribution in [0.15, 0.2) is 73.3 Å². The molecule has 2 aromatic rings. The zero-order chi connectivity index (χ0) is 24.4. The summed E-state index contributed by atoms with van der Waals surface area (Å²) >= 11 is 1.72. The maximum absolute atomic E-state index is 4.24. The number of anilines is 1. The van der Waals surface area contributed by atoms with Crippen molar-refractivity contribution >= 4 is 22.7 Å². The largest absolute Gasteiger partial charge is 0.384 e. The molecule has 3 rings (SSSR count). The van der Waals surface area contributed by atoms with E-state index in [0.29, 0.717) is 5.92 Å². The molecule has 0 saturated carbocycles. The van der Waals surface area contributed by atoms with Crippen molar-refractivity contribution in [3.63, 3.8) is 0 Å². The van der Waals surface area contributed by atoms with Crippen molar-refractivity contribution in [3.05, 3.63) is 83.7 Å². The van der Waals surface area contributed by atoms with Gasteiger partial charge in [0.2, 0.25) is 0 Å². The van der Waals surface area contributed by atoms with Crippen molar-refractivity contribution in [2.75, 3.05) is 18.0 Å². The van der Waals surface area contributed by atoms with Crippen molar-refractivity contribution in [1.29, 1.82) is 0 Å². The maximum Gasteiger partial charge on any atom is 0.0495 e. The highest BCUT2D eigenvalue weighted by atomic mass is 32.1. The third-order valence-electron chi connectivity index (χ3n) is 4.90. The van der Waals surface area contributed by atoms with Crippen LogP contribution in [-0.2, 0) is 0 Å². The highest BCUT2D eigenvalue weighted by Crippen LogP contribution is 2.31. The molecule has 0 radical (unpaired) electrons. The molecule has 0 spiro atoms. The topological polar surface area (TPSA) is 15.3 Å². The Kier molecular flexibility index (Phi) is 17.0. The zero-order valence-corrected chi connectivity index (χ0v) is 22.2. The van der Waals surface area contributed by atoms with E-state index in [2.05, 4.69) is 99.4 Å². The summed E-state index contributed by atoms with van der Waals surface area (Å²) in [6.45, 7) is 26.3. The lowest BCUT2D eigenvalue weighted by Crippen LogP contribution is -2.25. The van der Waals surface area contributed by atoms with Crippen LogP contribution in [0, 0.1) is 12.8 Å². The normalized spacial score (nSPS) is 14.1. The van der Waals surface area contributed by atoms with Gasteiger partial charge < -0.3 is 10.2 Å². The number of unbranched alkanes of at least 4 members (excludes halogenated alkanes) is 1. The Balaban J connectivity index is 0.000000821. The highest BCUT2D eigenvalue weighted by molar-refractivity contribution is 7.11. The van der Waals surface area contributed by atoms with Gasteiger partial charge in [-0.05, 0) is 49.3 Å². The number of hydrogen-bond donors (Lipinski definition) is 1. The van der Waals surface area contributed by atoms with Crippen LogP contribution in [-0.4, -0.2) is 13.1 Å². The molecule has 178 valence electrons. The minimum Gasteiger partial charge on any atom is -0.384 e. The van der Waals surface area contributed by atoms with E-state index in [1.165, 1.54) is 34.7 Å². The molecule has 0 bridgehead atoms. The van der Waals surface area contributed by atoms with Crippen molar-refractivity contribution in [2.45, 2.75) is 67.2 Å². The van der Waals surface area contributed by atoms with Gasteiger partial charge in [0.05, 0.1) is 0 Å². The van der Waals surface area contributed by atoms with E-state index in [-0.39, 0.29) is 0 Å². The summed E-state index contributed by atoms with van der Waals surface area (Å²) < 4.78 is 0. The van der Waals surface area contributed by atoms with Crippen LogP contribution in [0.1, 0.15) is 70.7 Å². The number of thiophene rings is 1. The molecule has 2 nitrogen and oxygen atoms in total. The fourth-order valence-electron chi connectivity index (χ4n) is 2.85. The van der Waals surface area contributed by atoms with Crippen molar-refractivity contribution in [1.82, 2.24) is 5.32 Å². The molecule has 32 heavy (non-hydrogen) atoms. The SMILES string of the molecule is C=C(NCC1CC(=C)N(c2ccc(C)cc2)C1)c1cccs1.C=CCC.CC.CCCC. The maximum atomic E-state index is 4.24. The Bertz CT molecular complexity index is 742. The Hall–Kier alpha value is -2.26. The average Bonchev–Trinajstić information content (AvgIpc) is 3.50. The van der Waals surface area contributed by atoms with Gasteiger partial charge in [-0.15, -0.1) is 17.9 Å². The quantitative estimate of drug-likeness (QED) is 0.420. The van der Waals surface area contributed by atoms with Crippen molar-refractivity contribution < 1.29 is 0 Å². The number of nitrogens with zero attached hydrogens (tertiary/aromatic N) is 1. The molecular weight excluding hydrogens is 408 g/mol. The number of rotatable bonds is 7. The molecule has 1 atom stereocenters. The molecule has 1 aliphatic rings. The fourth-order valence-corrected chi connectivity index (χ4v) is 3.52. The molecule has 0 amide bonds. The fraction of sp³-hybridized carbons (Fsp3) is 0.448. The number of hydrogen-bond acceptors (Lipinski definition) is 3. The molecule has 0 aliphatic carbocycles. The van der Waals surface area contributed by atoms with Gasteiger partial charge in [-0.3, -0.25) is 0 Å². The Morgan fingerprint density at radius 2 is 1.72 bits per heavy atom. The van der Waals surface area contributed by atoms with Crippen LogP contribution in [0.2, 0.25) is 0 Å². The smallest absolute Gasteiger partial charge is 0.0495 e. The van der Waals surface area contributed by atoms with E-state index < -0.39 is 0 Å². The lowest BCUT2D eigenvalue weighted by Gasteiger charge is -2.20. The number of aryl methyl sites for hydroxylation is 1. The van der Waals surface area contributed by atoms with Crippen molar-refractivity contribution in [3.8, 4) is 0 Å². The molecule has 1 N–H and O–H groups in total. The van der Waals surface area contributed by atoms with Crippen LogP contribution in [0.4, 0.5) is 5.69 Å². The molecule has 1 unspecified atom stereocenters. The molecule has 1 saturated heterocycles. The van der Waals surface area contributed by atoms with Gasteiger partial charge in [0.1, 0.15) is 0 Å². The minimum atomic E-state index is 0.575. The van der Waals surface area contributed by atoms with Crippen LogP contribution in [0.5, 0.6) is 0 Å². The highest BCUT2D eigenvalue weighted by Gasteiger charge is 2.26. The molecular formula is C29H46N2S. The van der Waals surface area contributed by atoms with E-state index in [0.717, 1.165) is 31.6 Å². The summed E-state index contributed by atoms with van der Waals surface area (Å²) in [5, 5.41) is 5.56. The second-order valence-electron chi connectivity index (χ2n) is 7.62. The van der Waals surface area contributed by atoms with Crippen LogP contribution < -0.4 is 10.2 Å². The van der Waals surface area contributed by atoms with Gasteiger partial charge in [-0.1, -0.05) is 90.5 Å². The third-order valence-corrected chi connectivity index (χ3v) is 5.83. The number of nitrogens with one attached hydrogen (secondary N) is 1. The standard InChI is InChI=1S/C19H22N2S.C4H10.C4H8.C2H6/c1-14-6-8-18(9-7-14)21-13-17(11-15(21)2)12-20-16(3)19-5-4-10-22-19;2*1-3-4-2;1-2/h4-10,17,20H,2-3,11-13H2,1H3;3-4H2,1-2H3;3H,1,4H2,2H3;1-2H3. The number of benzene rings is 1. The summed E-state index contributed by atoms with van der Waals surface area (Å²) in [6.07, 6.45) is 6.64. The van der Waals surface area contributed by atoms with Crippen LogP contribution in [0.3, 0.4) is 0 Å². The summed E-state index contributed by atoms with van der Waals surface area (Å²) in [6, 6.07) is 12.8. The predicted molar refractivity (Wildman–Crippen MR) is 150 cm³/mol. The number of allylic oxidation sites excluding steroid dienone is 2. The second kappa shape index (κ2) is 18.3. The van der Waals surface area contributed by atoms with E-state index in [1.807, 2.05) is 19.9 Å². The molecule has 2 heterocycles. The molecule has 1 aliphatic heterocycles.